The fraction of sp³-hybridized carbons (Fsp3) is 0.207. The number of nitrogens with two attached hydrogens (primary N) is 1. The highest BCUT2D eigenvalue weighted by Crippen LogP contribution is 2.23. The van der Waals surface area contributed by atoms with Crippen LogP contribution in [0, 0.1) is 13.8 Å². The lowest BCUT2D eigenvalue weighted by atomic mass is 9.90. The Morgan fingerprint density at radius 2 is 1.71 bits per heavy atom. The van der Waals surface area contributed by atoms with E-state index < -0.39 is 5.92 Å². The first-order chi connectivity index (χ1) is 16.4. The number of carbonyl (C=O) groups is 2. The Labute approximate surface area is 199 Å². The molecule has 4 aromatic rings. The number of hydrogen-bond acceptors (Lipinski definition) is 5. The van der Waals surface area contributed by atoms with E-state index in [1.165, 1.54) is 0 Å². The molecule has 0 saturated carbocycles. The highest BCUT2D eigenvalue weighted by atomic mass is 16.5. The van der Waals surface area contributed by atoms with Crippen molar-refractivity contribution in [2.45, 2.75) is 32.6 Å². The van der Waals surface area contributed by atoms with Crippen LogP contribution in [0.4, 0.5) is 0 Å². The Bertz CT molecular complexity index is 1330. The molecule has 1 unspecified atom stereocenters. The third-order valence-electron chi connectivity index (χ3n) is 6.05. The molecule has 1 atom stereocenters. The van der Waals surface area contributed by atoms with Crippen molar-refractivity contribution in [3.05, 3.63) is 107 Å². The van der Waals surface area contributed by atoms with E-state index >= 15 is 0 Å². The zero-order chi connectivity index (χ0) is 24.1. The zero-order valence-electron chi connectivity index (χ0n) is 19.5. The van der Waals surface area contributed by atoms with Crippen molar-refractivity contribution in [1.82, 2.24) is 4.98 Å². The van der Waals surface area contributed by atoms with Gasteiger partial charge in [0.2, 0.25) is 0 Å². The molecule has 4 rings (SSSR count). The molecule has 0 aliphatic heterocycles. The van der Waals surface area contributed by atoms with Crippen LogP contribution in [0.25, 0.3) is 10.8 Å². The quantitative estimate of drug-likeness (QED) is 0.305. The van der Waals surface area contributed by atoms with Crippen LogP contribution in [0.15, 0.2) is 79.1 Å². The van der Waals surface area contributed by atoms with E-state index in [9.17, 15) is 9.59 Å². The van der Waals surface area contributed by atoms with Crippen molar-refractivity contribution in [2.75, 3.05) is 6.54 Å². The summed E-state index contributed by atoms with van der Waals surface area (Å²) in [5.41, 5.74) is 10.9. The van der Waals surface area contributed by atoms with Crippen LogP contribution in [0.5, 0.6) is 5.75 Å². The van der Waals surface area contributed by atoms with E-state index in [-0.39, 0.29) is 24.7 Å². The van der Waals surface area contributed by atoms with E-state index in [1.54, 1.807) is 36.7 Å². The predicted octanol–water partition coefficient (Wildman–Crippen LogP) is 4.85. The maximum atomic E-state index is 13.0. The summed E-state index contributed by atoms with van der Waals surface area (Å²) < 4.78 is 5.51. The number of fused-ring (bicyclic) bond motifs is 1. The highest BCUT2D eigenvalue weighted by molar-refractivity contribution is 5.89. The molecule has 172 valence electrons. The van der Waals surface area contributed by atoms with Crippen molar-refractivity contribution in [3.63, 3.8) is 0 Å². The second-order valence-electron chi connectivity index (χ2n) is 8.64. The molecule has 0 spiro atoms. The van der Waals surface area contributed by atoms with Crippen LogP contribution in [0.2, 0.25) is 0 Å². The number of esters is 1. The SMILES string of the molecule is Cc1ccc(CC(=O)Oc2ccc(C(CN)C(=O)Cc3ccc4cnccc4c3)cc2)c(C)c1. The van der Waals surface area contributed by atoms with Crippen molar-refractivity contribution in [1.29, 1.82) is 0 Å². The Kier molecular flexibility index (Phi) is 7.14. The minimum atomic E-state index is -0.423. The number of nitrogens with zero attached hydrogens (tertiary/aromatic N) is 1. The van der Waals surface area contributed by atoms with E-state index in [0.717, 1.165) is 38.6 Å². The van der Waals surface area contributed by atoms with Crippen LogP contribution in [0.1, 0.15) is 33.7 Å². The Morgan fingerprint density at radius 1 is 0.912 bits per heavy atom. The Morgan fingerprint density at radius 3 is 2.44 bits per heavy atom. The molecule has 3 aromatic carbocycles. The largest absolute Gasteiger partial charge is 0.426 e. The van der Waals surface area contributed by atoms with Crippen molar-refractivity contribution < 1.29 is 14.3 Å². The number of rotatable bonds is 8. The molecule has 34 heavy (non-hydrogen) atoms. The van der Waals surface area contributed by atoms with Gasteiger partial charge in [0.15, 0.2) is 0 Å². The summed E-state index contributed by atoms with van der Waals surface area (Å²) in [6.45, 7) is 4.22. The standard InChI is InChI=1S/C29H28N2O3/c1-19-3-5-23(20(2)13-19)16-29(33)34-26-9-7-22(8-10-26)27(17-30)28(32)15-21-4-6-25-18-31-12-11-24(25)14-21/h3-14,18,27H,15-17,30H2,1-2H3. The fourth-order valence-electron chi connectivity index (χ4n) is 4.16. The molecule has 0 saturated heterocycles. The average Bonchev–Trinajstić information content (AvgIpc) is 2.82. The monoisotopic (exact) mass is 452 g/mol. The van der Waals surface area contributed by atoms with E-state index in [4.69, 9.17) is 10.5 Å². The minimum Gasteiger partial charge on any atom is -0.426 e. The molecule has 5 heteroatoms. The third-order valence-corrected chi connectivity index (χ3v) is 6.05. The fourth-order valence-corrected chi connectivity index (χ4v) is 4.16. The molecule has 0 aliphatic rings. The summed E-state index contributed by atoms with van der Waals surface area (Å²) in [4.78, 5) is 29.5. The lowest BCUT2D eigenvalue weighted by Gasteiger charge is -2.15. The van der Waals surface area contributed by atoms with Gasteiger partial charge in [-0.25, -0.2) is 0 Å². The Balaban J connectivity index is 1.40. The second-order valence-corrected chi connectivity index (χ2v) is 8.64. The van der Waals surface area contributed by atoms with Crippen LogP contribution >= 0.6 is 0 Å². The van der Waals surface area contributed by atoms with Crippen molar-refractivity contribution in [2.24, 2.45) is 5.73 Å². The average molecular weight is 453 g/mol. The molecule has 0 fully saturated rings. The summed E-state index contributed by atoms with van der Waals surface area (Å²) in [5, 5.41) is 2.09. The summed E-state index contributed by atoms with van der Waals surface area (Å²) in [7, 11) is 0. The van der Waals surface area contributed by atoms with Gasteiger partial charge >= 0.3 is 5.97 Å². The second kappa shape index (κ2) is 10.4. The summed E-state index contributed by atoms with van der Waals surface area (Å²) in [6, 6.07) is 20.9. The molecule has 0 amide bonds. The summed E-state index contributed by atoms with van der Waals surface area (Å²) in [6.07, 6.45) is 4.05. The smallest absolute Gasteiger partial charge is 0.315 e. The molecule has 0 radical (unpaired) electrons. The number of Topliss-reactive ketones (excluding diaryl/α,β-unsaturated/α-hetero) is 1. The number of aromatic nitrogens is 1. The number of carbonyl (C=O) groups excluding carboxylic acids is 2. The van der Waals surface area contributed by atoms with Crippen LogP contribution in [-0.4, -0.2) is 23.3 Å². The van der Waals surface area contributed by atoms with Gasteiger partial charge in [0.05, 0.1) is 12.3 Å². The van der Waals surface area contributed by atoms with Crippen molar-refractivity contribution >= 4 is 22.5 Å². The number of aryl methyl sites for hydroxylation is 2. The normalized spacial score (nSPS) is 11.9. The number of ketones is 1. The van der Waals surface area contributed by atoms with Gasteiger partial charge in [-0.2, -0.15) is 0 Å². The van der Waals surface area contributed by atoms with Gasteiger partial charge in [0, 0.05) is 30.7 Å². The molecular weight excluding hydrogens is 424 g/mol. The summed E-state index contributed by atoms with van der Waals surface area (Å²) in [5.74, 6) is -0.244. The van der Waals surface area contributed by atoms with Gasteiger partial charge in [0.1, 0.15) is 11.5 Å². The molecule has 0 aliphatic carbocycles. The van der Waals surface area contributed by atoms with Gasteiger partial charge in [-0.1, -0.05) is 54.1 Å². The van der Waals surface area contributed by atoms with Crippen molar-refractivity contribution in [3.8, 4) is 5.75 Å². The van der Waals surface area contributed by atoms with E-state index in [0.29, 0.717) is 12.2 Å². The first kappa shape index (κ1) is 23.3. The van der Waals surface area contributed by atoms with Crippen LogP contribution in [-0.2, 0) is 22.4 Å². The summed E-state index contributed by atoms with van der Waals surface area (Å²) >= 11 is 0. The number of hydrogen-bond donors (Lipinski definition) is 1. The lowest BCUT2D eigenvalue weighted by Crippen LogP contribution is -2.23. The van der Waals surface area contributed by atoms with Gasteiger partial charge < -0.3 is 10.5 Å². The first-order valence-electron chi connectivity index (χ1n) is 11.3. The molecule has 2 N–H and O–H groups in total. The van der Waals surface area contributed by atoms with Gasteiger partial charge in [-0.05, 0) is 59.7 Å². The zero-order valence-corrected chi connectivity index (χ0v) is 19.5. The van der Waals surface area contributed by atoms with Gasteiger partial charge in [-0.3, -0.25) is 14.6 Å². The topological polar surface area (TPSA) is 82.3 Å². The Hall–Kier alpha value is -3.83. The molecule has 1 aromatic heterocycles. The van der Waals surface area contributed by atoms with Gasteiger partial charge in [-0.15, -0.1) is 0 Å². The van der Waals surface area contributed by atoms with Crippen LogP contribution in [0.3, 0.4) is 0 Å². The third kappa shape index (κ3) is 5.56. The lowest BCUT2D eigenvalue weighted by molar-refractivity contribution is -0.133. The first-order valence-corrected chi connectivity index (χ1v) is 11.3. The minimum absolute atomic E-state index is 0.0514. The molecular formula is C29H28N2O3. The molecule has 1 heterocycles. The van der Waals surface area contributed by atoms with Gasteiger partial charge in [0.25, 0.3) is 0 Å². The number of pyridine rings is 1. The van der Waals surface area contributed by atoms with E-state index in [2.05, 4.69) is 11.1 Å². The number of benzene rings is 3. The number of ether oxygens (including phenoxy) is 1. The highest BCUT2D eigenvalue weighted by Gasteiger charge is 2.20. The maximum Gasteiger partial charge on any atom is 0.315 e. The van der Waals surface area contributed by atoms with Crippen LogP contribution < -0.4 is 10.5 Å². The molecule has 0 bridgehead atoms. The molecule has 5 nitrogen and oxygen atoms in total. The predicted molar refractivity (Wildman–Crippen MR) is 134 cm³/mol. The maximum absolute atomic E-state index is 13.0. The van der Waals surface area contributed by atoms with E-state index in [1.807, 2.05) is 50.2 Å².